The van der Waals surface area contributed by atoms with Gasteiger partial charge in [-0.15, -0.1) is 0 Å². The van der Waals surface area contributed by atoms with Gasteiger partial charge in [0.1, 0.15) is 5.75 Å². The highest BCUT2D eigenvalue weighted by Gasteiger charge is 2.43. The molecule has 1 aliphatic rings. The molecule has 0 spiro atoms. The van der Waals surface area contributed by atoms with Crippen molar-refractivity contribution in [2.24, 2.45) is 5.92 Å². The lowest BCUT2D eigenvalue weighted by Gasteiger charge is -2.20. The summed E-state index contributed by atoms with van der Waals surface area (Å²) in [7, 11) is 0. The van der Waals surface area contributed by atoms with Crippen LogP contribution in [0, 0.1) is 5.92 Å². The molecular weight excluding hydrogens is 288 g/mol. The summed E-state index contributed by atoms with van der Waals surface area (Å²) >= 11 is 0. The van der Waals surface area contributed by atoms with Gasteiger partial charge < -0.3 is 4.74 Å². The largest absolute Gasteiger partial charge is 0.461 e. The van der Waals surface area contributed by atoms with E-state index in [4.69, 9.17) is 0 Å². The number of carbonyl (C=O) groups is 1. The Labute approximate surface area is 120 Å². The lowest BCUT2D eigenvalue weighted by Crippen LogP contribution is -2.33. The number of ketones is 1. The number of ether oxygens (including phenoxy) is 1. The molecule has 0 unspecified atom stereocenters. The Morgan fingerprint density at radius 1 is 1.10 bits per heavy atom. The molecule has 0 radical (unpaired) electrons. The van der Waals surface area contributed by atoms with Crippen LogP contribution in [0.4, 0.5) is 17.6 Å². The van der Waals surface area contributed by atoms with E-state index < -0.39 is 12.5 Å². The standard InChI is InChI=1S/C15H16F4O2/c16-14(17)15(18,19)21-12-8-6-11(7-9-12)13(20)10-4-2-1-3-5-10/h6-10,14H,1-5H2. The van der Waals surface area contributed by atoms with Gasteiger partial charge in [-0.2, -0.15) is 17.6 Å². The first-order valence-corrected chi connectivity index (χ1v) is 6.89. The lowest BCUT2D eigenvalue weighted by molar-refractivity contribution is -0.253. The van der Waals surface area contributed by atoms with Crippen LogP contribution in [0.15, 0.2) is 24.3 Å². The van der Waals surface area contributed by atoms with Gasteiger partial charge in [0.25, 0.3) is 0 Å². The predicted octanol–water partition coefficient (Wildman–Crippen LogP) is 4.69. The molecule has 1 saturated carbocycles. The Bertz CT molecular complexity index is 479. The lowest BCUT2D eigenvalue weighted by atomic mass is 9.84. The van der Waals surface area contributed by atoms with Crippen LogP contribution in [0.1, 0.15) is 42.5 Å². The summed E-state index contributed by atoms with van der Waals surface area (Å²) in [5, 5.41) is 0. The number of rotatable bonds is 5. The van der Waals surface area contributed by atoms with Crippen molar-refractivity contribution in [1.29, 1.82) is 0 Å². The molecular formula is C15H16F4O2. The van der Waals surface area contributed by atoms with Crippen molar-refractivity contribution in [3.05, 3.63) is 29.8 Å². The maximum atomic E-state index is 12.7. The third-order valence-corrected chi connectivity index (χ3v) is 3.62. The molecule has 1 fully saturated rings. The minimum atomic E-state index is -4.53. The fourth-order valence-corrected chi connectivity index (χ4v) is 2.49. The summed E-state index contributed by atoms with van der Waals surface area (Å²) in [6, 6.07) is 4.92. The highest BCUT2D eigenvalue weighted by Crippen LogP contribution is 2.30. The molecule has 1 aromatic carbocycles. The average molecular weight is 304 g/mol. The molecule has 0 atom stereocenters. The van der Waals surface area contributed by atoms with Gasteiger partial charge in [0, 0.05) is 11.5 Å². The Morgan fingerprint density at radius 3 is 2.19 bits per heavy atom. The maximum Gasteiger partial charge on any atom is 0.461 e. The molecule has 0 saturated heterocycles. The van der Waals surface area contributed by atoms with Crippen LogP contribution >= 0.6 is 0 Å². The topological polar surface area (TPSA) is 26.3 Å². The maximum absolute atomic E-state index is 12.7. The van der Waals surface area contributed by atoms with Crippen LogP contribution in [0.3, 0.4) is 0 Å². The number of halogens is 4. The zero-order valence-electron chi connectivity index (χ0n) is 11.3. The number of Topliss-reactive ketones (excluding diaryl/α,β-unsaturated/α-hetero) is 1. The molecule has 1 aromatic rings. The van der Waals surface area contributed by atoms with Crippen molar-refractivity contribution in [3.63, 3.8) is 0 Å². The Kier molecular flexibility index (Phi) is 4.85. The molecule has 21 heavy (non-hydrogen) atoms. The first-order chi connectivity index (χ1) is 9.90. The fraction of sp³-hybridized carbons (Fsp3) is 0.533. The van der Waals surface area contributed by atoms with E-state index >= 15 is 0 Å². The summed E-state index contributed by atoms with van der Waals surface area (Å²) in [6.07, 6.45) is -3.62. The molecule has 0 bridgehead atoms. The van der Waals surface area contributed by atoms with Crippen LogP contribution < -0.4 is 4.74 Å². The second kappa shape index (κ2) is 6.45. The molecule has 0 amide bonds. The molecule has 1 aliphatic carbocycles. The molecule has 0 N–H and O–H groups in total. The van der Waals surface area contributed by atoms with Gasteiger partial charge in [-0.05, 0) is 37.1 Å². The quantitative estimate of drug-likeness (QED) is 0.583. The summed E-state index contributed by atoms with van der Waals surface area (Å²) < 4.78 is 53.5. The summed E-state index contributed by atoms with van der Waals surface area (Å²) in [4.78, 5) is 12.2. The van der Waals surface area contributed by atoms with Gasteiger partial charge in [0.2, 0.25) is 0 Å². The van der Waals surface area contributed by atoms with E-state index in [0.29, 0.717) is 5.56 Å². The van der Waals surface area contributed by atoms with Crippen molar-refractivity contribution < 1.29 is 27.1 Å². The van der Waals surface area contributed by atoms with Crippen LogP contribution in [0.5, 0.6) is 5.75 Å². The van der Waals surface area contributed by atoms with Gasteiger partial charge in [-0.1, -0.05) is 19.3 Å². The smallest absolute Gasteiger partial charge is 0.428 e. The van der Waals surface area contributed by atoms with E-state index in [0.717, 1.165) is 44.2 Å². The van der Waals surface area contributed by atoms with Gasteiger partial charge >= 0.3 is 12.5 Å². The van der Waals surface area contributed by atoms with Crippen LogP contribution in [0.2, 0.25) is 0 Å². The second-order valence-corrected chi connectivity index (χ2v) is 5.19. The number of alkyl halides is 4. The highest BCUT2D eigenvalue weighted by atomic mass is 19.3. The Morgan fingerprint density at radius 2 is 1.67 bits per heavy atom. The molecule has 0 heterocycles. The molecule has 6 heteroatoms. The van der Waals surface area contributed by atoms with Crippen molar-refractivity contribution in [3.8, 4) is 5.75 Å². The van der Waals surface area contributed by atoms with E-state index in [1.54, 1.807) is 0 Å². The normalized spacial score (nSPS) is 17.0. The van der Waals surface area contributed by atoms with Crippen molar-refractivity contribution in [1.82, 2.24) is 0 Å². The Balaban J connectivity index is 2.03. The van der Waals surface area contributed by atoms with Crippen molar-refractivity contribution in [2.45, 2.75) is 44.6 Å². The zero-order chi connectivity index (χ0) is 15.5. The third-order valence-electron chi connectivity index (χ3n) is 3.62. The van der Waals surface area contributed by atoms with Gasteiger partial charge in [0.05, 0.1) is 0 Å². The van der Waals surface area contributed by atoms with Crippen LogP contribution in [-0.4, -0.2) is 18.3 Å². The number of hydrogen-bond acceptors (Lipinski definition) is 2. The molecule has 0 aliphatic heterocycles. The van der Waals surface area contributed by atoms with Crippen molar-refractivity contribution >= 4 is 5.78 Å². The van der Waals surface area contributed by atoms with Crippen LogP contribution in [0.25, 0.3) is 0 Å². The van der Waals surface area contributed by atoms with E-state index in [1.807, 2.05) is 0 Å². The predicted molar refractivity (Wildman–Crippen MR) is 68.9 cm³/mol. The van der Waals surface area contributed by atoms with Crippen molar-refractivity contribution in [2.75, 3.05) is 0 Å². The summed E-state index contributed by atoms with van der Waals surface area (Å²) in [6.45, 7) is 0. The Hall–Kier alpha value is -1.59. The average Bonchev–Trinajstić information content (AvgIpc) is 2.48. The summed E-state index contributed by atoms with van der Waals surface area (Å²) in [5.41, 5.74) is 0.398. The second-order valence-electron chi connectivity index (χ2n) is 5.19. The van der Waals surface area contributed by atoms with E-state index in [1.165, 1.54) is 12.1 Å². The molecule has 2 nitrogen and oxygen atoms in total. The van der Waals surface area contributed by atoms with Crippen LogP contribution in [-0.2, 0) is 0 Å². The number of benzene rings is 1. The van der Waals surface area contributed by atoms with Gasteiger partial charge in [-0.3, -0.25) is 4.79 Å². The monoisotopic (exact) mass is 304 g/mol. The van der Waals surface area contributed by atoms with E-state index in [9.17, 15) is 22.4 Å². The number of carbonyl (C=O) groups excluding carboxylic acids is 1. The molecule has 116 valence electrons. The minimum Gasteiger partial charge on any atom is -0.428 e. The zero-order valence-corrected chi connectivity index (χ0v) is 11.3. The fourth-order valence-electron chi connectivity index (χ4n) is 2.49. The molecule has 2 rings (SSSR count). The molecule has 0 aromatic heterocycles. The minimum absolute atomic E-state index is 0.0260. The van der Waals surface area contributed by atoms with Gasteiger partial charge in [-0.25, -0.2) is 0 Å². The first-order valence-electron chi connectivity index (χ1n) is 6.89. The van der Waals surface area contributed by atoms with E-state index in [-0.39, 0.29) is 17.5 Å². The highest BCUT2D eigenvalue weighted by molar-refractivity contribution is 5.97. The first kappa shape index (κ1) is 15.8. The van der Waals surface area contributed by atoms with Gasteiger partial charge in [0.15, 0.2) is 5.78 Å². The summed E-state index contributed by atoms with van der Waals surface area (Å²) in [5.74, 6) is -0.449. The third kappa shape index (κ3) is 3.95. The SMILES string of the molecule is O=C(c1ccc(OC(F)(F)C(F)F)cc1)C1CCCCC1. The number of hydrogen-bond donors (Lipinski definition) is 0. The van der Waals surface area contributed by atoms with E-state index in [2.05, 4.69) is 4.74 Å².